The summed E-state index contributed by atoms with van der Waals surface area (Å²) >= 11 is 0. The Morgan fingerprint density at radius 1 is 1.26 bits per heavy atom. The number of likely N-dealkylation sites (tertiary alicyclic amines) is 1. The lowest BCUT2D eigenvalue weighted by Gasteiger charge is -2.48. The molecule has 194 valence electrons. The molecular weight excluding hydrogens is 436 g/mol. The maximum atomic E-state index is 12.9. The molecule has 8 nitrogen and oxygen atoms in total. The van der Waals surface area contributed by atoms with E-state index in [9.17, 15) is 9.90 Å². The monoisotopic (exact) mass is 480 g/mol. The number of methoxy groups -OCH3 is 1. The van der Waals surface area contributed by atoms with Crippen LogP contribution >= 0.6 is 0 Å². The molecule has 1 saturated carbocycles. The fourth-order valence-electron chi connectivity index (χ4n) is 6.13. The molecule has 34 heavy (non-hydrogen) atoms. The predicted molar refractivity (Wildman–Crippen MR) is 129 cm³/mol. The van der Waals surface area contributed by atoms with Crippen LogP contribution in [0.25, 0.3) is 0 Å². The van der Waals surface area contributed by atoms with Crippen LogP contribution in [0.1, 0.15) is 60.3 Å². The van der Waals surface area contributed by atoms with E-state index in [0.717, 1.165) is 32.5 Å². The normalized spacial score (nSPS) is 37.9. The number of rotatable bonds is 10. The van der Waals surface area contributed by atoms with Gasteiger partial charge in [0.2, 0.25) is 0 Å². The predicted octanol–water partition coefficient (Wildman–Crippen LogP) is 2.98. The van der Waals surface area contributed by atoms with Gasteiger partial charge in [-0.25, -0.2) is 4.79 Å². The van der Waals surface area contributed by atoms with Gasteiger partial charge in [-0.1, -0.05) is 25.5 Å². The Kier molecular flexibility index (Phi) is 7.38. The molecule has 4 fully saturated rings. The molecule has 8 heteroatoms. The molecule has 4 aliphatic rings. The highest BCUT2D eigenvalue weighted by atomic mass is 16.6. The molecule has 0 aromatic carbocycles. The quantitative estimate of drug-likeness (QED) is 0.380. The fraction of sp³-hybridized carbons (Fsp3) is 0.885. The Bertz CT molecular complexity index is 769. The standard InChI is InChI=1S/C26H44N2O6/c1-7-27(8-2)14-13-25(30)15-28(16-25)23(29)33-19-11-12-26(17-32-26)22(21(19)31-6)24(5)20(34-24)10-9-18(3)4/h9,19-22,30H,7-8,10-17H2,1-6H3/t19-,20-,21-,22?,24+,26+/m1/s1. The third kappa shape index (κ3) is 5.03. The zero-order chi connectivity index (χ0) is 24.7. The first-order valence-corrected chi connectivity index (χ1v) is 13.0. The highest BCUT2D eigenvalue weighted by molar-refractivity contribution is 5.69. The second-order valence-electron chi connectivity index (χ2n) is 11.2. The van der Waals surface area contributed by atoms with Crippen molar-refractivity contribution in [3.63, 3.8) is 0 Å². The van der Waals surface area contributed by atoms with Gasteiger partial charge in [0.05, 0.1) is 31.7 Å². The van der Waals surface area contributed by atoms with Gasteiger partial charge in [0.15, 0.2) is 0 Å². The highest BCUT2D eigenvalue weighted by Crippen LogP contribution is 2.59. The number of carbonyl (C=O) groups is 1. The molecular formula is C26H44N2O6. The van der Waals surface area contributed by atoms with Crippen molar-refractivity contribution in [2.24, 2.45) is 5.92 Å². The third-order valence-electron chi connectivity index (χ3n) is 8.51. The van der Waals surface area contributed by atoms with Crippen molar-refractivity contribution in [2.45, 2.75) is 95.4 Å². The Morgan fingerprint density at radius 2 is 1.94 bits per heavy atom. The molecule has 4 rings (SSSR count). The number of allylic oxidation sites excluding steroid dienone is 1. The lowest BCUT2D eigenvalue weighted by atomic mass is 9.68. The molecule has 3 heterocycles. The van der Waals surface area contributed by atoms with Crippen molar-refractivity contribution in [1.29, 1.82) is 0 Å². The summed E-state index contributed by atoms with van der Waals surface area (Å²) in [5, 5.41) is 10.8. The summed E-state index contributed by atoms with van der Waals surface area (Å²) in [4.78, 5) is 16.8. The van der Waals surface area contributed by atoms with Gasteiger partial charge in [-0.05, 0) is 59.5 Å². The minimum Gasteiger partial charge on any atom is -0.443 e. The van der Waals surface area contributed by atoms with Crippen molar-refractivity contribution in [2.75, 3.05) is 46.4 Å². The summed E-state index contributed by atoms with van der Waals surface area (Å²) in [7, 11) is 1.69. The van der Waals surface area contributed by atoms with E-state index in [-0.39, 0.29) is 41.5 Å². The van der Waals surface area contributed by atoms with Gasteiger partial charge in [0, 0.05) is 13.7 Å². The van der Waals surface area contributed by atoms with Gasteiger partial charge in [-0.15, -0.1) is 0 Å². The second-order valence-corrected chi connectivity index (χ2v) is 11.2. The minimum atomic E-state index is -0.823. The third-order valence-corrected chi connectivity index (χ3v) is 8.51. The summed E-state index contributed by atoms with van der Waals surface area (Å²) in [5.74, 6) is 0.00880. The van der Waals surface area contributed by atoms with E-state index >= 15 is 0 Å². The van der Waals surface area contributed by atoms with Crippen LogP contribution in [0, 0.1) is 5.92 Å². The van der Waals surface area contributed by atoms with Crippen LogP contribution < -0.4 is 0 Å². The molecule has 3 saturated heterocycles. The molecule has 0 bridgehead atoms. The van der Waals surface area contributed by atoms with Gasteiger partial charge in [0.25, 0.3) is 0 Å². The highest BCUT2D eigenvalue weighted by Gasteiger charge is 2.72. The van der Waals surface area contributed by atoms with Crippen molar-refractivity contribution >= 4 is 6.09 Å². The number of β-amino-alcohol motifs (C(OH)–C–C–N with tert-alkyl or cyclic N) is 1. The molecule has 1 amide bonds. The summed E-state index contributed by atoms with van der Waals surface area (Å²) in [6, 6.07) is 0. The summed E-state index contributed by atoms with van der Waals surface area (Å²) in [5.41, 5.74) is -0.133. The van der Waals surface area contributed by atoms with Crippen molar-refractivity contribution in [1.82, 2.24) is 9.80 Å². The Labute approximate surface area is 204 Å². The summed E-state index contributed by atoms with van der Waals surface area (Å²) < 4.78 is 24.2. The topological polar surface area (TPSA) is 87.3 Å². The number of epoxide rings is 2. The lowest BCUT2D eigenvalue weighted by Crippen LogP contribution is -2.65. The second kappa shape index (κ2) is 9.69. The number of ether oxygens (including phenoxy) is 4. The average molecular weight is 481 g/mol. The largest absolute Gasteiger partial charge is 0.443 e. The number of aliphatic hydroxyl groups is 1. The Morgan fingerprint density at radius 3 is 2.50 bits per heavy atom. The Hall–Kier alpha value is -1.19. The average Bonchev–Trinajstić information content (AvgIpc) is 3.69. The lowest BCUT2D eigenvalue weighted by molar-refractivity contribution is -0.138. The number of amides is 1. The van der Waals surface area contributed by atoms with Gasteiger partial charge in [0.1, 0.15) is 29.0 Å². The Balaban J connectivity index is 1.35. The molecule has 6 atom stereocenters. The minimum absolute atomic E-state index is 0.00880. The summed E-state index contributed by atoms with van der Waals surface area (Å²) in [6.07, 6.45) is 4.39. The number of hydrogen-bond donors (Lipinski definition) is 1. The zero-order valence-corrected chi connectivity index (χ0v) is 21.8. The first-order chi connectivity index (χ1) is 16.1. The van der Waals surface area contributed by atoms with E-state index in [0.29, 0.717) is 32.5 Å². The molecule has 3 aliphatic heterocycles. The van der Waals surface area contributed by atoms with E-state index in [4.69, 9.17) is 18.9 Å². The molecule has 0 aromatic rings. The first-order valence-electron chi connectivity index (χ1n) is 13.0. The van der Waals surface area contributed by atoms with Gasteiger partial charge in [-0.2, -0.15) is 0 Å². The van der Waals surface area contributed by atoms with E-state index in [1.165, 1.54) is 5.57 Å². The van der Waals surface area contributed by atoms with Crippen LogP contribution in [0.5, 0.6) is 0 Å². The molecule has 0 aromatic heterocycles. The smallest absolute Gasteiger partial charge is 0.410 e. The van der Waals surface area contributed by atoms with Gasteiger partial charge >= 0.3 is 6.09 Å². The molecule has 1 aliphatic carbocycles. The molecule has 1 N–H and O–H groups in total. The number of carbonyl (C=O) groups excluding carboxylic acids is 1. The van der Waals surface area contributed by atoms with Crippen molar-refractivity contribution in [3.8, 4) is 0 Å². The fourth-order valence-corrected chi connectivity index (χ4v) is 6.13. The number of hydrogen-bond acceptors (Lipinski definition) is 7. The van der Waals surface area contributed by atoms with Gasteiger partial charge in [-0.3, -0.25) is 0 Å². The summed E-state index contributed by atoms with van der Waals surface area (Å²) in [6.45, 7) is 14.7. The van der Waals surface area contributed by atoms with E-state index in [2.05, 4.69) is 45.6 Å². The first kappa shape index (κ1) is 25.9. The van der Waals surface area contributed by atoms with E-state index < -0.39 is 5.60 Å². The maximum Gasteiger partial charge on any atom is 0.410 e. The van der Waals surface area contributed by atoms with Crippen molar-refractivity contribution < 1.29 is 28.8 Å². The molecule has 1 spiro atoms. The van der Waals surface area contributed by atoms with Crippen LogP contribution in [-0.4, -0.2) is 103 Å². The van der Waals surface area contributed by atoms with Crippen LogP contribution in [0.4, 0.5) is 4.79 Å². The van der Waals surface area contributed by atoms with E-state index in [1.54, 1.807) is 12.0 Å². The van der Waals surface area contributed by atoms with Crippen molar-refractivity contribution in [3.05, 3.63) is 11.6 Å². The van der Waals surface area contributed by atoms with Crippen LogP contribution in [0.3, 0.4) is 0 Å². The van der Waals surface area contributed by atoms with E-state index in [1.807, 2.05) is 0 Å². The molecule has 1 unspecified atom stereocenters. The van der Waals surface area contributed by atoms with Crippen LogP contribution in [0.15, 0.2) is 11.6 Å². The number of nitrogens with zero attached hydrogens (tertiary/aromatic N) is 2. The van der Waals surface area contributed by atoms with Crippen LogP contribution in [0.2, 0.25) is 0 Å². The SMILES string of the molecule is CCN(CC)CCC1(O)CN(C(=O)O[C@@H]2CC[C@]3(CO3)C([C@@]3(C)O[C@@H]3CC=C(C)C)[C@@H]2OC)C1. The maximum absolute atomic E-state index is 12.9. The zero-order valence-electron chi connectivity index (χ0n) is 21.8. The van der Waals surface area contributed by atoms with Crippen LogP contribution in [-0.2, 0) is 18.9 Å². The molecule has 0 radical (unpaired) electrons. The van der Waals surface area contributed by atoms with Gasteiger partial charge < -0.3 is 33.9 Å².